The number of para-hydroxylation sites is 1. The van der Waals surface area contributed by atoms with Crippen molar-refractivity contribution in [3.05, 3.63) is 59.7 Å². The highest BCUT2D eigenvalue weighted by Crippen LogP contribution is 2.21. The van der Waals surface area contributed by atoms with E-state index in [1.807, 2.05) is 48.7 Å². The van der Waals surface area contributed by atoms with Gasteiger partial charge in [0.2, 0.25) is 0 Å². The molecule has 0 saturated carbocycles. The zero-order chi connectivity index (χ0) is 18.5. The van der Waals surface area contributed by atoms with E-state index < -0.39 is 0 Å². The Morgan fingerprint density at radius 1 is 1.12 bits per heavy atom. The summed E-state index contributed by atoms with van der Waals surface area (Å²) in [4.78, 5) is 16.1. The van der Waals surface area contributed by atoms with E-state index in [0.29, 0.717) is 5.56 Å². The molecule has 5 heteroatoms. The molecule has 0 bridgehead atoms. The SMILES string of the molecule is CSc1ccc(C(=O)Nc2ccccc2CN2CC(C)OC(C)C2)cc1. The number of amides is 1. The van der Waals surface area contributed by atoms with Gasteiger partial charge in [0.05, 0.1) is 12.2 Å². The number of thioether (sulfide) groups is 1. The molecule has 0 aromatic heterocycles. The molecule has 1 saturated heterocycles. The van der Waals surface area contributed by atoms with E-state index in [1.165, 1.54) is 0 Å². The second-order valence-corrected chi connectivity index (χ2v) is 7.67. The first-order valence-electron chi connectivity index (χ1n) is 8.96. The molecule has 4 nitrogen and oxygen atoms in total. The number of nitrogens with one attached hydrogen (secondary N) is 1. The molecule has 2 aromatic carbocycles. The summed E-state index contributed by atoms with van der Waals surface area (Å²) in [5.74, 6) is -0.0752. The lowest BCUT2D eigenvalue weighted by Crippen LogP contribution is -2.44. The van der Waals surface area contributed by atoms with Crippen molar-refractivity contribution >= 4 is 23.4 Å². The minimum Gasteiger partial charge on any atom is -0.373 e. The Kier molecular flexibility index (Phi) is 6.35. The van der Waals surface area contributed by atoms with Gasteiger partial charge in [-0.3, -0.25) is 9.69 Å². The highest BCUT2D eigenvalue weighted by atomic mass is 32.2. The van der Waals surface area contributed by atoms with Crippen molar-refractivity contribution in [3.8, 4) is 0 Å². The fourth-order valence-corrected chi connectivity index (χ4v) is 3.78. The standard InChI is InChI=1S/C21H26N2O2S/c1-15-12-23(13-16(2)25-15)14-18-6-4-5-7-20(18)22-21(24)17-8-10-19(26-3)11-9-17/h4-11,15-16H,12-14H2,1-3H3,(H,22,24). The Morgan fingerprint density at radius 3 is 2.42 bits per heavy atom. The average molecular weight is 371 g/mol. The van der Waals surface area contributed by atoms with Crippen LogP contribution in [0.15, 0.2) is 53.4 Å². The largest absolute Gasteiger partial charge is 0.373 e. The van der Waals surface area contributed by atoms with E-state index in [1.54, 1.807) is 11.8 Å². The summed E-state index contributed by atoms with van der Waals surface area (Å²) in [7, 11) is 0. The van der Waals surface area contributed by atoms with Gasteiger partial charge in [0, 0.05) is 35.8 Å². The molecule has 2 aromatic rings. The lowest BCUT2D eigenvalue weighted by Gasteiger charge is -2.35. The Morgan fingerprint density at radius 2 is 1.77 bits per heavy atom. The molecule has 2 unspecified atom stereocenters. The Balaban J connectivity index is 1.71. The predicted octanol–water partition coefficient (Wildman–Crippen LogP) is 4.27. The lowest BCUT2D eigenvalue weighted by molar-refractivity contribution is -0.0704. The maximum Gasteiger partial charge on any atom is 0.255 e. The molecule has 0 spiro atoms. The first-order valence-corrected chi connectivity index (χ1v) is 10.2. The van der Waals surface area contributed by atoms with Gasteiger partial charge in [0.15, 0.2) is 0 Å². The number of hydrogen-bond acceptors (Lipinski definition) is 4. The van der Waals surface area contributed by atoms with Crippen LogP contribution in [0.4, 0.5) is 5.69 Å². The first-order chi connectivity index (χ1) is 12.5. The van der Waals surface area contributed by atoms with Crippen LogP contribution in [0.2, 0.25) is 0 Å². The van der Waals surface area contributed by atoms with Crippen LogP contribution in [0.5, 0.6) is 0 Å². The first kappa shape index (κ1) is 19.0. The maximum absolute atomic E-state index is 12.6. The number of benzene rings is 2. The summed E-state index contributed by atoms with van der Waals surface area (Å²) < 4.78 is 5.81. The summed E-state index contributed by atoms with van der Waals surface area (Å²) in [6.07, 6.45) is 2.49. The van der Waals surface area contributed by atoms with Crippen molar-refractivity contribution in [3.63, 3.8) is 0 Å². The van der Waals surface area contributed by atoms with E-state index in [4.69, 9.17) is 4.74 Å². The third-order valence-electron chi connectivity index (χ3n) is 4.51. The highest BCUT2D eigenvalue weighted by Gasteiger charge is 2.22. The van der Waals surface area contributed by atoms with E-state index >= 15 is 0 Å². The van der Waals surface area contributed by atoms with Gasteiger partial charge in [0.25, 0.3) is 5.91 Å². The van der Waals surface area contributed by atoms with Crippen molar-refractivity contribution in [2.75, 3.05) is 24.7 Å². The van der Waals surface area contributed by atoms with Crippen LogP contribution < -0.4 is 5.32 Å². The predicted molar refractivity (Wildman–Crippen MR) is 108 cm³/mol. The fourth-order valence-electron chi connectivity index (χ4n) is 3.37. The molecule has 0 radical (unpaired) electrons. The van der Waals surface area contributed by atoms with Crippen LogP contribution in [-0.4, -0.2) is 42.4 Å². The molecule has 3 rings (SSSR count). The maximum atomic E-state index is 12.6. The second kappa shape index (κ2) is 8.71. The summed E-state index contributed by atoms with van der Waals surface area (Å²) in [5.41, 5.74) is 2.67. The van der Waals surface area contributed by atoms with Gasteiger partial charge >= 0.3 is 0 Å². The summed E-state index contributed by atoms with van der Waals surface area (Å²) in [6, 6.07) is 15.7. The van der Waals surface area contributed by atoms with Crippen molar-refractivity contribution < 1.29 is 9.53 Å². The van der Waals surface area contributed by atoms with Crippen LogP contribution >= 0.6 is 11.8 Å². The molecule has 1 N–H and O–H groups in total. The fraction of sp³-hybridized carbons (Fsp3) is 0.381. The van der Waals surface area contributed by atoms with Gasteiger partial charge < -0.3 is 10.1 Å². The molecule has 138 valence electrons. The second-order valence-electron chi connectivity index (χ2n) is 6.79. The van der Waals surface area contributed by atoms with E-state index in [0.717, 1.165) is 35.8 Å². The van der Waals surface area contributed by atoms with E-state index in [2.05, 4.69) is 30.1 Å². The van der Waals surface area contributed by atoms with Crippen molar-refractivity contribution in [2.24, 2.45) is 0 Å². The molecular weight excluding hydrogens is 344 g/mol. The van der Waals surface area contributed by atoms with Gasteiger partial charge in [-0.1, -0.05) is 18.2 Å². The molecule has 0 aliphatic carbocycles. The average Bonchev–Trinajstić information content (AvgIpc) is 2.62. The quantitative estimate of drug-likeness (QED) is 0.798. The van der Waals surface area contributed by atoms with Crippen LogP contribution in [0.3, 0.4) is 0 Å². The Labute approximate surface area is 159 Å². The summed E-state index contributed by atoms with van der Waals surface area (Å²) in [5, 5.41) is 3.07. The summed E-state index contributed by atoms with van der Waals surface area (Å²) in [6.45, 7) is 6.83. The normalized spacial score (nSPS) is 20.7. The molecule has 1 aliphatic heterocycles. The topological polar surface area (TPSA) is 41.6 Å². The van der Waals surface area contributed by atoms with E-state index in [-0.39, 0.29) is 18.1 Å². The number of rotatable bonds is 5. The summed E-state index contributed by atoms with van der Waals surface area (Å²) >= 11 is 1.67. The van der Waals surface area contributed by atoms with Crippen LogP contribution in [0, 0.1) is 0 Å². The van der Waals surface area contributed by atoms with E-state index in [9.17, 15) is 4.79 Å². The Hall–Kier alpha value is -1.82. The van der Waals surface area contributed by atoms with Gasteiger partial charge in [-0.25, -0.2) is 0 Å². The molecular formula is C21H26N2O2S. The number of hydrogen-bond donors (Lipinski definition) is 1. The van der Waals surface area contributed by atoms with Crippen molar-refractivity contribution in [1.82, 2.24) is 4.90 Å². The third-order valence-corrected chi connectivity index (χ3v) is 5.25. The van der Waals surface area contributed by atoms with Gasteiger partial charge in [-0.15, -0.1) is 11.8 Å². The molecule has 1 heterocycles. The van der Waals surface area contributed by atoms with Gasteiger partial charge in [-0.2, -0.15) is 0 Å². The van der Waals surface area contributed by atoms with Crippen LogP contribution in [0.1, 0.15) is 29.8 Å². The van der Waals surface area contributed by atoms with Gasteiger partial charge in [0.1, 0.15) is 0 Å². The minimum absolute atomic E-state index is 0.0752. The minimum atomic E-state index is -0.0752. The molecule has 1 amide bonds. The molecule has 1 fully saturated rings. The van der Waals surface area contributed by atoms with Gasteiger partial charge in [-0.05, 0) is 56.0 Å². The molecule has 2 atom stereocenters. The number of ether oxygens (including phenoxy) is 1. The zero-order valence-corrected chi connectivity index (χ0v) is 16.4. The zero-order valence-electron chi connectivity index (χ0n) is 15.6. The monoisotopic (exact) mass is 370 g/mol. The highest BCUT2D eigenvalue weighted by molar-refractivity contribution is 7.98. The number of carbonyl (C=O) groups excluding carboxylic acids is 1. The Bertz CT molecular complexity index is 738. The lowest BCUT2D eigenvalue weighted by atomic mass is 10.1. The number of nitrogens with zero attached hydrogens (tertiary/aromatic N) is 1. The number of morpholine rings is 1. The number of carbonyl (C=O) groups is 1. The number of anilines is 1. The third kappa shape index (κ3) is 4.87. The molecule has 26 heavy (non-hydrogen) atoms. The molecule has 1 aliphatic rings. The smallest absolute Gasteiger partial charge is 0.255 e. The van der Waals surface area contributed by atoms with Crippen LogP contribution in [0.25, 0.3) is 0 Å². The van der Waals surface area contributed by atoms with Crippen molar-refractivity contribution in [1.29, 1.82) is 0 Å². The van der Waals surface area contributed by atoms with Crippen molar-refractivity contribution in [2.45, 2.75) is 37.5 Å². The van der Waals surface area contributed by atoms with Crippen LogP contribution in [-0.2, 0) is 11.3 Å².